The average Bonchev–Trinajstić information content (AvgIpc) is 2.45. The molecule has 0 heterocycles. The molecule has 0 aromatic heterocycles. The molecule has 2 aromatic carbocycles. The third-order valence-corrected chi connectivity index (χ3v) is 3.49. The van der Waals surface area contributed by atoms with Crippen molar-refractivity contribution in [2.24, 2.45) is 0 Å². The summed E-state index contributed by atoms with van der Waals surface area (Å²) in [4.78, 5) is 13.1. The second-order valence-electron chi connectivity index (χ2n) is 5.09. The van der Waals surface area contributed by atoms with Gasteiger partial charge in [0.15, 0.2) is 29.8 Å². The standard InChI is InChI=1S/C16H14BrF3N2O2/c1-22(2)16-12(19)6-10(7-13(16)20)21-15(23)8-24-14-4-3-9(17)5-11(14)18/h3-7H,8H2,1-2H3,(H,21,23). The summed E-state index contributed by atoms with van der Waals surface area (Å²) in [7, 11) is 3.00. The van der Waals surface area contributed by atoms with Crippen LogP contribution in [0.3, 0.4) is 0 Å². The van der Waals surface area contributed by atoms with Crippen LogP contribution < -0.4 is 15.0 Å². The van der Waals surface area contributed by atoms with Crippen molar-refractivity contribution in [1.82, 2.24) is 0 Å². The predicted molar refractivity (Wildman–Crippen MR) is 88.9 cm³/mol. The third kappa shape index (κ3) is 4.41. The maximum Gasteiger partial charge on any atom is 0.262 e. The summed E-state index contributed by atoms with van der Waals surface area (Å²) in [5, 5.41) is 2.30. The van der Waals surface area contributed by atoms with Gasteiger partial charge in [0.25, 0.3) is 5.91 Å². The zero-order valence-electron chi connectivity index (χ0n) is 12.9. The van der Waals surface area contributed by atoms with E-state index in [1.165, 1.54) is 31.1 Å². The molecule has 24 heavy (non-hydrogen) atoms. The minimum atomic E-state index is -0.810. The first kappa shape index (κ1) is 18.1. The zero-order chi connectivity index (χ0) is 17.9. The number of benzene rings is 2. The van der Waals surface area contributed by atoms with Crippen LogP contribution in [0.4, 0.5) is 24.5 Å². The summed E-state index contributed by atoms with van der Waals surface area (Å²) in [6, 6.07) is 6.10. The number of halogens is 4. The summed E-state index contributed by atoms with van der Waals surface area (Å²) in [5.74, 6) is -3.03. The first-order valence-electron chi connectivity index (χ1n) is 6.82. The van der Waals surface area contributed by atoms with Crippen LogP contribution in [-0.4, -0.2) is 26.6 Å². The molecular formula is C16H14BrF3N2O2. The first-order chi connectivity index (χ1) is 11.3. The van der Waals surface area contributed by atoms with E-state index in [1.54, 1.807) is 6.07 Å². The molecule has 0 atom stereocenters. The molecule has 0 radical (unpaired) electrons. The van der Waals surface area contributed by atoms with Crippen LogP contribution in [0.2, 0.25) is 0 Å². The summed E-state index contributed by atoms with van der Waals surface area (Å²) >= 11 is 3.10. The van der Waals surface area contributed by atoms with Crippen LogP contribution >= 0.6 is 15.9 Å². The lowest BCUT2D eigenvalue weighted by Crippen LogP contribution is -2.21. The second kappa shape index (κ2) is 7.57. The van der Waals surface area contributed by atoms with Gasteiger partial charge in [-0.2, -0.15) is 0 Å². The van der Waals surface area contributed by atoms with Gasteiger partial charge in [0, 0.05) is 24.3 Å². The number of anilines is 2. The lowest BCUT2D eigenvalue weighted by Gasteiger charge is -2.16. The molecule has 1 N–H and O–H groups in total. The van der Waals surface area contributed by atoms with E-state index in [-0.39, 0.29) is 17.1 Å². The van der Waals surface area contributed by atoms with Crippen LogP contribution in [0, 0.1) is 17.5 Å². The molecule has 0 fully saturated rings. The average molecular weight is 403 g/mol. The highest BCUT2D eigenvalue weighted by Crippen LogP contribution is 2.25. The van der Waals surface area contributed by atoms with E-state index in [2.05, 4.69) is 21.2 Å². The van der Waals surface area contributed by atoms with Gasteiger partial charge in [-0.05, 0) is 30.3 Å². The smallest absolute Gasteiger partial charge is 0.262 e. The van der Waals surface area contributed by atoms with Gasteiger partial charge in [0.2, 0.25) is 0 Å². The van der Waals surface area contributed by atoms with E-state index in [9.17, 15) is 18.0 Å². The highest BCUT2D eigenvalue weighted by atomic mass is 79.9. The van der Waals surface area contributed by atoms with E-state index in [4.69, 9.17) is 4.74 Å². The molecule has 128 valence electrons. The molecule has 2 aromatic rings. The molecule has 0 aliphatic carbocycles. The van der Waals surface area contributed by atoms with Crippen LogP contribution in [0.1, 0.15) is 0 Å². The Balaban J connectivity index is 2.02. The zero-order valence-corrected chi connectivity index (χ0v) is 14.5. The molecule has 0 aliphatic rings. The number of hydrogen-bond donors (Lipinski definition) is 1. The van der Waals surface area contributed by atoms with Crippen molar-refractivity contribution in [3.05, 3.63) is 52.3 Å². The number of amides is 1. The van der Waals surface area contributed by atoms with E-state index < -0.39 is 30.0 Å². The summed E-state index contributed by atoms with van der Waals surface area (Å²) in [6.45, 7) is -0.503. The quantitative estimate of drug-likeness (QED) is 0.822. The minimum absolute atomic E-state index is 0.0551. The van der Waals surface area contributed by atoms with Crippen molar-refractivity contribution in [3.63, 3.8) is 0 Å². The molecule has 0 unspecified atom stereocenters. The Morgan fingerprint density at radius 1 is 1.12 bits per heavy atom. The molecule has 0 bridgehead atoms. The van der Waals surface area contributed by atoms with E-state index in [0.29, 0.717) is 4.47 Å². The number of nitrogens with one attached hydrogen (secondary N) is 1. The Hall–Kier alpha value is -2.22. The molecule has 0 saturated carbocycles. The minimum Gasteiger partial charge on any atom is -0.481 e. The van der Waals surface area contributed by atoms with Gasteiger partial charge in [-0.1, -0.05) is 15.9 Å². The Labute approximate surface area is 145 Å². The molecule has 0 spiro atoms. The topological polar surface area (TPSA) is 41.6 Å². The Bertz CT molecular complexity index is 746. The van der Waals surface area contributed by atoms with Gasteiger partial charge in [-0.15, -0.1) is 0 Å². The lowest BCUT2D eigenvalue weighted by molar-refractivity contribution is -0.118. The van der Waals surface area contributed by atoms with Crippen LogP contribution in [-0.2, 0) is 4.79 Å². The number of nitrogens with zero attached hydrogens (tertiary/aromatic N) is 1. The first-order valence-corrected chi connectivity index (χ1v) is 7.61. The molecular weight excluding hydrogens is 389 g/mol. The number of carbonyl (C=O) groups excluding carboxylic acids is 1. The molecule has 8 heteroatoms. The largest absolute Gasteiger partial charge is 0.481 e. The molecule has 1 amide bonds. The highest BCUT2D eigenvalue weighted by molar-refractivity contribution is 9.10. The van der Waals surface area contributed by atoms with Crippen molar-refractivity contribution in [3.8, 4) is 5.75 Å². The Morgan fingerprint density at radius 3 is 2.29 bits per heavy atom. The van der Waals surface area contributed by atoms with Crippen molar-refractivity contribution in [2.45, 2.75) is 0 Å². The van der Waals surface area contributed by atoms with Crippen LogP contribution in [0.25, 0.3) is 0 Å². The number of hydrogen-bond acceptors (Lipinski definition) is 3. The van der Waals surface area contributed by atoms with Gasteiger partial charge in [-0.25, -0.2) is 13.2 Å². The molecule has 0 saturated heterocycles. The second-order valence-corrected chi connectivity index (χ2v) is 6.01. The molecule has 4 nitrogen and oxygen atoms in total. The van der Waals surface area contributed by atoms with E-state index >= 15 is 0 Å². The third-order valence-electron chi connectivity index (χ3n) is 3.00. The van der Waals surface area contributed by atoms with Crippen molar-refractivity contribution >= 4 is 33.2 Å². The fourth-order valence-corrected chi connectivity index (χ4v) is 2.33. The van der Waals surface area contributed by atoms with Gasteiger partial charge in [0.1, 0.15) is 5.69 Å². The van der Waals surface area contributed by atoms with Crippen LogP contribution in [0.15, 0.2) is 34.8 Å². The molecule has 2 rings (SSSR count). The Morgan fingerprint density at radius 2 is 1.75 bits per heavy atom. The maximum absolute atomic E-state index is 13.8. The summed E-state index contributed by atoms with van der Waals surface area (Å²) < 4.78 is 46.8. The molecule has 0 aliphatic heterocycles. The lowest BCUT2D eigenvalue weighted by atomic mass is 10.2. The Kier molecular flexibility index (Phi) is 5.71. The normalized spacial score (nSPS) is 10.4. The van der Waals surface area contributed by atoms with Gasteiger partial charge >= 0.3 is 0 Å². The summed E-state index contributed by atoms with van der Waals surface area (Å²) in [6.07, 6.45) is 0. The highest BCUT2D eigenvalue weighted by Gasteiger charge is 2.15. The SMILES string of the molecule is CN(C)c1c(F)cc(NC(=O)COc2ccc(Br)cc2F)cc1F. The number of rotatable bonds is 5. The van der Waals surface area contributed by atoms with Crippen molar-refractivity contribution in [2.75, 3.05) is 30.9 Å². The maximum atomic E-state index is 13.8. The van der Waals surface area contributed by atoms with Gasteiger partial charge < -0.3 is 15.0 Å². The van der Waals surface area contributed by atoms with Crippen molar-refractivity contribution < 1.29 is 22.7 Å². The summed E-state index contributed by atoms with van der Waals surface area (Å²) in [5.41, 5.74) is -0.262. The monoisotopic (exact) mass is 402 g/mol. The van der Waals surface area contributed by atoms with E-state index in [0.717, 1.165) is 12.1 Å². The van der Waals surface area contributed by atoms with E-state index in [1.807, 2.05) is 0 Å². The fraction of sp³-hybridized carbons (Fsp3) is 0.188. The predicted octanol–water partition coefficient (Wildman–Crippen LogP) is 3.95. The fourth-order valence-electron chi connectivity index (χ4n) is 2.00. The number of ether oxygens (including phenoxy) is 1. The van der Waals surface area contributed by atoms with Crippen molar-refractivity contribution in [1.29, 1.82) is 0 Å². The number of carbonyl (C=O) groups is 1. The van der Waals surface area contributed by atoms with Gasteiger partial charge in [-0.3, -0.25) is 4.79 Å². The van der Waals surface area contributed by atoms with Gasteiger partial charge in [0.05, 0.1) is 0 Å². The van der Waals surface area contributed by atoms with Crippen LogP contribution in [0.5, 0.6) is 5.75 Å².